The lowest BCUT2D eigenvalue weighted by molar-refractivity contribution is -0.122. The number of halogens is 2. The minimum Gasteiger partial charge on any atom is -0.497 e. The minimum atomic E-state index is -1.31. The normalized spacial score (nSPS) is 24.7. The van der Waals surface area contributed by atoms with Gasteiger partial charge in [0.05, 0.1) is 30.2 Å². The van der Waals surface area contributed by atoms with Gasteiger partial charge in [-0.3, -0.25) is 14.4 Å². The number of carbonyl (C=O) groups is 4. The first-order chi connectivity index (χ1) is 20.7. The van der Waals surface area contributed by atoms with Gasteiger partial charge in [0.1, 0.15) is 15.5 Å². The second-order valence-corrected chi connectivity index (χ2v) is 12.0. The molecule has 4 aromatic rings. The number of nitrogens with zero attached hydrogens (tertiary/aromatic N) is 1. The topological polar surface area (TPSA) is 90.0 Å². The Kier molecular flexibility index (Phi) is 6.24. The van der Waals surface area contributed by atoms with E-state index in [1.807, 2.05) is 48.5 Å². The summed E-state index contributed by atoms with van der Waals surface area (Å²) >= 11 is 15.0. The fraction of sp³-hybridized carbons (Fsp3) is 0.176. The Balaban J connectivity index is 1.21. The second kappa shape index (κ2) is 9.79. The second-order valence-electron chi connectivity index (χ2n) is 10.8. The number of anilines is 1. The molecule has 0 unspecified atom stereocenters. The van der Waals surface area contributed by atoms with Crippen molar-refractivity contribution in [2.45, 2.75) is 9.75 Å². The molecule has 2 amide bonds. The van der Waals surface area contributed by atoms with Gasteiger partial charge in [-0.25, -0.2) is 9.69 Å². The molecular weight excluding hydrogens is 589 g/mol. The Hall–Kier alpha value is -4.46. The van der Waals surface area contributed by atoms with Crippen LogP contribution in [0.3, 0.4) is 0 Å². The number of esters is 1. The summed E-state index contributed by atoms with van der Waals surface area (Å²) in [7, 11) is 1.49. The summed E-state index contributed by atoms with van der Waals surface area (Å²) in [6.07, 6.45) is 0. The zero-order chi connectivity index (χ0) is 30.1. The number of carbonyl (C=O) groups excluding carboxylic acids is 4. The van der Waals surface area contributed by atoms with Gasteiger partial charge in [-0.2, -0.15) is 0 Å². The molecule has 43 heavy (non-hydrogen) atoms. The minimum absolute atomic E-state index is 0.0714. The van der Waals surface area contributed by atoms with Crippen LogP contribution >= 0.6 is 23.2 Å². The van der Waals surface area contributed by atoms with E-state index in [2.05, 4.69) is 0 Å². The molecule has 0 aromatic heterocycles. The average molecular weight is 612 g/mol. The molecule has 9 heteroatoms. The van der Waals surface area contributed by atoms with E-state index >= 15 is 0 Å². The van der Waals surface area contributed by atoms with Crippen molar-refractivity contribution in [3.63, 3.8) is 0 Å². The molecule has 8 rings (SSSR count). The smallest absolute Gasteiger partial charge is 0.338 e. The fourth-order valence-corrected chi connectivity index (χ4v) is 7.89. The number of benzene rings is 4. The van der Waals surface area contributed by atoms with Gasteiger partial charge in [0, 0.05) is 5.56 Å². The molecule has 1 saturated heterocycles. The lowest BCUT2D eigenvalue weighted by Crippen LogP contribution is -2.57. The largest absolute Gasteiger partial charge is 0.497 e. The highest BCUT2D eigenvalue weighted by molar-refractivity contribution is 6.38. The number of rotatable bonds is 6. The number of methoxy groups -OCH3 is 1. The standard InChI is InChI=1S/C34H23Cl2NO6/c1-42-22-11-7-8-19(17-22)27(38)18-43-32(41)20-9-6-10-21(16-20)37-30(39)28-29(31(37)40)34(36)24-13-3-2-12-23(24)33(28,35)25-14-4-5-15-26(25)34/h2-17,28-29H,18H2,1H3/t28-,29+,33?,34?. The van der Waals surface area contributed by atoms with Crippen molar-refractivity contribution < 1.29 is 28.7 Å². The van der Waals surface area contributed by atoms with E-state index in [4.69, 9.17) is 32.7 Å². The van der Waals surface area contributed by atoms with Crippen molar-refractivity contribution in [2.75, 3.05) is 18.6 Å². The predicted molar refractivity (Wildman–Crippen MR) is 160 cm³/mol. The number of ketones is 1. The Morgan fingerprint density at radius 1 is 0.721 bits per heavy atom. The van der Waals surface area contributed by atoms with Gasteiger partial charge in [0.2, 0.25) is 11.8 Å². The third-order valence-electron chi connectivity index (χ3n) is 8.65. The van der Waals surface area contributed by atoms with Gasteiger partial charge >= 0.3 is 5.97 Å². The van der Waals surface area contributed by atoms with Gasteiger partial charge in [-0.15, -0.1) is 23.2 Å². The molecule has 214 valence electrons. The van der Waals surface area contributed by atoms with E-state index in [-0.39, 0.29) is 11.3 Å². The summed E-state index contributed by atoms with van der Waals surface area (Å²) in [5.41, 5.74) is 3.40. The Morgan fingerprint density at radius 2 is 1.23 bits per heavy atom. The van der Waals surface area contributed by atoms with E-state index in [1.165, 1.54) is 19.2 Å². The summed E-state index contributed by atoms with van der Waals surface area (Å²) in [4.78, 5) is 52.4. The number of imide groups is 1. The van der Waals surface area contributed by atoms with E-state index in [0.717, 1.165) is 4.90 Å². The van der Waals surface area contributed by atoms with Crippen LogP contribution in [0.5, 0.6) is 5.75 Å². The molecule has 2 atom stereocenters. The van der Waals surface area contributed by atoms with Crippen LogP contribution in [0.15, 0.2) is 97.1 Å². The van der Waals surface area contributed by atoms with E-state index in [1.54, 1.807) is 36.4 Å². The van der Waals surface area contributed by atoms with Crippen molar-refractivity contribution in [1.29, 1.82) is 0 Å². The molecular formula is C34H23Cl2NO6. The molecule has 4 aromatic carbocycles. The fourth-order valence-electron chi connectivity index (χ4n) is 6.79. The summed E-state index contributed by atoms with van der Waals surface area (Å²) in [5, 5.41) is 0. The van der Waals surface area contributed by atoms with Gasteiger partial charge < -0.3 is 9.47 Å². The summed E-state index contributed by atoms with van der Waals surface area (Å²) < 4.78 is 10.4. The predicted octanol–water partition coefficient (Wildman–Crippen LogP) is 5.83. The van der Waals surface area contributed by atoms with Crippen molar-refractivity contribution >= 4 is 52.5 Å². The van der Waals surface area contributed by atoms with Crippen molar-refractivity contribution in [1.82, 2.24) is 0 Å². The van der Waals surface area contributed by atoms with E-state index in [0.29, 0.717) is 33.6 Å². The molecule has 3 aliphatic carbocycles. The summed E-state index contributed by atoms with van der Waals surface area (Å²) in [6, 6.07) is 27.3. The lowest BCUT2D eigenvalue weighted by Gasteiger charge is -2.54. The quantitative estimate of drug-likeness (QED) is 0.118. The van der Waals surface area contributed by atoms with Crippen LogP contribution in [0.4, 0.5) is 5.69 Å². The maximum Gasteiger partial charge on any atom is 0.338 e. The molecule has 0 spiro atoms. The molecule has 4 aliphatic rings. The molecule has 1 aliphatic heterocycles. The Bertz CT molecular complexity index is 1750. The van der Waals surface area contributed by atoms with Crippen molar-refractivity contribution in [3.05, 3.63) is 130 Å². The van der Waals surface area contributed by atoms with Crippen LogP contribution in [-0.2, 0) is 24.1 Å². The first-order valence-corrected chi connectivity index (χ1v) is 14.4. The number of amides is 2. The zero-order valence-electron chi connectivity index (χ0n) is 22.8. The summed E-state index contributed by atoms with van der Waals surface area (Å²) in [5.74, 6) is -3.64. The Morgan fingerprint density at radius 3 is 1.77 bits per heavy atom. The number of ether oxygens (including phenoxy) is 2. The average Bonchev–Trinajstić information content (AvgIpc) is 3.33. The van der Waals surface area contributed by atoms with Crippen molar-refractivity contribution in [3.8, 4) is 5.75 Å². The van der Waals surface area contributed by atoms with Crippen molar-refractivity contribution in [2.24, 2.45) is 11.8 Å². The zero-order valence-corrected chi connectivity index (χ0v) is 24.3. The third-order valence-corrected chi connectivity index (χ3v) is 9.94. The van der Waals surface area contributed by atoms with E-state index in [9.17, 15) is 19.2 Å². The van der Waals surface area contributed by atoms with Gasteiger partial charge in [0.15, 0.2) is 12.4 Å². The van der Waals surface area contributed by atoms with Gasteiger partial charge in [-0.1, -0.05) is 66.7 Å². The molecule has 0 saturated carbocycles. The third kappa shape index (κ3) is 3.74. The number of hydrogen-bond donors (Lipinski definition) is 0. The van der Waals surface area contributed by atoms with E-state index < -0.39 is 51.8 Å². The maximum absolute atomic E-state index is 14.2. The highest BCUT2D eigenvalue weighted by Gasteiger charge is 2.73. The SMILES string of the molecule is COc1cccc(C(=O)COC(=O)c2cccc(N3C(=O)[C@@H]4[C@H](C3=O)C3(Cl)c5ccccc5C4(Cl)c4ccccc43)c2)c1. The highest BCUT2D eigenvalue weighted by Crippen LogP contribution is 2.69. The lowest BCUT2D eigenvalue weighted by atomic mass is 9.54. The number of hydrogen-bond acceptors (Lipinski definition) is 6. The highest BCUT2D eigenvalue weighted by atomic mass is 35.5. The number of Topliss-reactive ketones (excluding diaryl/α,β-unsaturated/α-hetero) is 1. The maximum atomic E-state index is 14.2. The first-order valence-electron chi connectivity index (χ1n) is 13.6. The van der Waals surface area contributed by atoms with Crippen LogP contribution in [0.2, 0.25) is 0 Å². The van der Waals surface area contributed by atoms with Crippen LogP contribution in [0.1, 0.15) is 43.0 Å². The van der Waals surface area contributed by atoms with Crippen LogP contribution < -0.4 is 9.64 Å². The monoisotopic (exact) mass is 611 g/mol. The molecule has 1 heterocycles. The molecule has 2 bridgehead atoms. The molecule has 1 fully saturated rings. The molecule has 7 nitrogen and oxygen atoms in total. The Labute approximate surface area is 256 Å². The van der Waals surface area contributed by atoms with Crippen LogP contribution in [0.25, 0.3) is 0 Å². The molecule has 0 radical (unpaired) electrons. The van der Waals surface area contributed by atoms with Crippen LogP contribution in [0, 0.1) is 11.8 Å². The first kappa shape index (κ1) is 27.4. The molecule has 0 N–H and O–H groups in total. The number of alkyl halides is 2. The van der Waals surface area contributed by atoms with Gasteiger partial charge in [-0.05, 0) is 52.6 Å². The van der Waals surface area contributed by atoms with Gasteiger partial charge in [0.25, 0.3) is 0 Å². The van der Waals surface area contributed by atoms with Crippen LogP contribution in [-0.4, -0.2) is 37.3 Å². The summed E-state index contributed by atoms with van der Waals surface area (Å²) in [6.45, 7) is -0.498.